The van der Waals surface area contributed by atoms with Crippen molar-refractivity contribution in [3.05, 3.63) is 35.4 Å². The van der Waals surface area contributed by atoms with E-state index < -0.39 is 0 Å². The average molecular weight is 358 g/mol. The van der Waals surface area contributed by atoms with Crippen LogP contribution in [0.2, 0.25) is 0 Å². The highest BCUT2D eigenvalue weighted by molar-refractivity contribution is 5.94. The van der Waals surface area contributed by atoms with Gasteiger partial charge in [-0.1, -0.05) is 12.1 Å². The predicted molar refractivity (Wildman–Crippen MR) is 96.1 cm³/mol. The van der Waals surface area contributed by atoms with Gasteiger partial charge in [0.1, 0.15) is 0 Å². The van der Waals surface area contributed by atoms with E-state index >= 15 is 0 Å². The predicted octanol–water partition coefficient (Wildman–Crippen LogP) is 2.59. The van der Waals surface area contributed by atoms with Gasteiger partial charge in [-0.05, 0) is 55.7 Å². The molecule has 0 spiro atoms. The molecule has 3 fully saturated rings. The fourth-order valence-electron chi connectivity index (χ4n) is 3.42. The van der Waals surface area contributed by atoms with E-state index in [2.05, 4.69) is 10.6 Å². The molecule has 140 valence electrons. The number of hydrogen-bond acceptors (Lipinski definition) is 4. The van der Waals surface area contributed by atoms with Crippen LogP contribution in [0, 0.1) is 5.92 Å². The van der Waals surface area contributed by atoms with E-state index in [0.29, 0.717) is 31.3 Å². The third kappa shape index (κ3) is 4.55. The molecule has 4 rings (SSSR count). The van der Waals surface area contributed by atoms with Crippen LogP contribution in [0.4, 0.5) is 4.79 Å². The van der Waals surface area contributed by atoms with Crippen LogP contribution in [0.5, 0.6) is 0 Å². The minimum absolute atomic E-state index is 0.0345. The maximum absolute atomic E-state index is 12.5. The number of nitrogens with one attached hydrogen (secondary N) is 2. The van der Waals surface area contributed by atoms with E-state index in [4.69, 9.17) is 9.47 Å². The Morgan fingerprint density at radius 1 is 1.12 bits per heavy atom. The number of carbonyl (C=O) groups excluding carboxylic acids is 2. The van der Waals surface area contributed by atoms with Gasteiger partial charge in [-0.25, -0.2) is 4.79 Å². The lowest BCUT2D eigenvalue weighted by Crippen LogP contribution is -2.38. The molecular formula is C20H26N2O4. The molecule has 26 heavy (non-hydrogen) atoms. The van der Waals surface area contributed by atoms with Crippen LogP contribution in [0.25, 0.3) is 0 Å². The molecule has 2 N–H and O–H groups in total. The molecule has 0 radical (unpaired) electrons. The largest absolute Gasteiger partial charge is 0.449 e. The summed E-state index contributed by atoms with van der Waals surface area (Å²) in [7, 11) is 0. The molecule has 3 aliphatic rings. The monoisotopic (exact) mass is 358 g/mol. The van der Waals surface area contributed by atoms with Crippen LogP contribution < -0.4 is 10.6 Å². The molecule has 1 aromatic carbocycles. The number of ether oxygens (including phenoxy) is 2. The minimum atomic E-state index is -0.321. The zero-order chi connectivity index (χ0) is 17.9. The first kappa shape index (κ1) is 17.3. The van der Waals surface area contributed by atoms with Crippen molar-refractivity contribution in [1.82, 2.24) is 10.6 Å². The van der Waals surface area contributed by atoms with Crippen molar-refractivity contribution in [2.24, 2.45) is 5.92 Å². The second kappa shape index (κ2) is 7.66. The van der Waals surface area contributed by atoms with Crippen LogP contribution in [0.3, 0.4) is 0 Å². The summed E-state index contributed by atoms with van der Waals surface area (Å²) in [5.74, 6) is 0.800. The number of rotatable bonds is 6. The normalized spacial score (nSPS) is 25.4. The lowest BCUT2D eigenvalue weighted by molar-refractivity contribution is 0.0696. The van der Waals surface area contributed by atoms with E-state index in [0.717, 1.165) is 24.8 Å². The van der Waals surface area contributed by atoms with Gasteiger partial charge in [-0.3, -0.25) is 4.79 Å². The smallest absolute Gasteiger partial charge is 0.407 e. The third-order valence-corrected chi connectivity index (χ3v) is 5.37. The third-order valence-electron chi connectivity index (χ3n) is 5.37. The van der Waals surface area contributed by atoms with Gasteiger partial charge in [0, 0.05) is 36.8 Å². The Labute approximate surface area is 153 Å². The Balaban J connectivity index is 1.28. The number of alkyl carbamates (subject to hydrolysis) is 1. The highest BCUT2D eigenvalue weighted by Crippen LogP contribution is 2.41. The second-order valence-electron chi connectivity index (χ2n) is 7.62. The van der Waals surface area contributed by atoms with E-state index in [1.54, 1.807) is 0 Å². The summed E-state index contributed by atoms with van der Waals surface area (Å²) in [5.41, 5.74) is 1.77. The lowest BCUT2D eigenvalue weighted by atomic mass is 10.0. The fourth-order valence-corrected chi connectivity index (χ4v) is 3.42. The Morgan fingerprint density at radius 3 is 2.69 bits per heavy atom. The van der Waals surface area contributed by atoms with E-state index in [9.17, 15) is 9.59 Å². The standard InChI is InChI=1S/C20H26N2O4/c23-19(21-16-6-8-25-9-7-16)15-3-1-2-14(10-15)17-11-18(17)22-20(24)26-12-13-4-5-13/h1-3,10,13,16-18H,4-9,11-12H2,(H,21,23)(H,22,24)/t17-,18+/m0/s1. The molecule has 1 aromatic rings. The van der Waals surface area contributed by atoms with Gasteiger partial charge in [-0.15, -0.1) is 0 Å². The van der Waals surface area contributed by atoms with E-state index in [-0.39, 0.29) is 30.0 Å². The molecule has 0 bridgehead atoms. The summed E-state index contributed by atoms with van der Waals surface area (Å²) >= 11 is 0. The summed E-state index contributed by atoms with van der Waals surface area (Å²) in [6.45, 7) is 1.94. The number of hydrogen-bond donors (Lipinski definition) is 2. The molecule has 1 aliphatic heterocycles. The maximum atomic E-state index is 12.5. The summed E-state index contributed by atoms with van der Waals surface area (Å²) in [6.07, 6.45) is 4.64. The molecule has 6 nitrogen and oxygen atoms in total. The van der Waals surface area contributed by atoms with Crippen molar-refractivity contribution in [2.45, 2.75) is 50.1 Å². The van der Waals surface area contributed by atoms with Crippen molar-refractivity contribution < 1.29 is 19.1 Å². The SMILES string of the molecule is O=C(N[C@@H]1C[C@H]1c1cccc(C(=O)NC2CCOCC2)c1)OCC1CC1. The minimum Gasteiger partial charge on any atom is -0.449 e. The second-order valence-corrected chi connectivity index (χ2v) is 7.62. The van der Waals surface area contributed by atoms with Crippen LogP contribution >= 0.6 is 0 Å². The van der Waals surface area contributed by atoms with Gasteiger partial charge < -0.3 is 20.1 Å². The van der Waals surface area contributed by atoms with Crippen molar-refractivity contribution >= 4 is 12.0 Å². The molecule has 2 atom stereocenters. The topological polar surface area (TPSA) is 76.7 Å². The van der Waals surface area contributed by atoms with Gasteiger partial charge in [0.05, 0.1) is 6.61 Å². The molecule has 2 amide bonds. The number of amides is 2. The molecule has 1 heterocycles. The molecule has 0 aromatic heterocycles. The van der Waals surface area contributed by atoms with Gasteiger partial charge >= 0.3 is 6.09 Å². The zero-order valence-electron chi connectivity index (χ0n) is 14.9. The molecule has 1 saturated heterocycles. The first-order chi connectivity index (χ1) is 12.7. The summed E-state index contributed by atoms with van der Waals surface area (Å²) < 4.78 is 10.6. The summed E-state index contributed by atoms with van der Waals surface area (Å²) in [6, 6.07) is 8.01. The highest BCUT2D eigenvalue weighted by Gasteiger charge is 2.40. The molecular weight excluding hydrogens is 332 g/mol. The number of benzene rings is 1. The van der Waals surface area contributed by atoms with Crippen LogP contribution in [0.15, 0.2) is 24.3 Å². The van der Waals surface area contributed by atoms with Gasteiger partial charge in [-0.2, -0.15) is 0 Å². The van der Waals surface area contributed by atoms with E-state index in [1.165, 1.54) is 12.8 Å². The highest BCUT2D eigenvalue weighted by atomic mass is 16.5. The van der Waals surface area contributed by atoms with Crippen molar-refractivity contribution in [3.8, 4) is 0 Å². The Bertz CT molecular complexity index is 668. The van der Waals surface area contributed by atoms with Crippen LogP contribution in [0.1, 0.15) is 53.9 Å². The molecule has 6 heteroatoms. The van der Waals surface area contributed by atoms with Crippen molar-refractivity contribution in [3.63, 3.8) is 0 Å². The van der Waals surface area contributed by atoms with Gasteiger partial charge in [0.2, 0.25) is 0 Å². The van der Waals surface area contributed by atoms with Gasteiger partial charge in [0.15, 0.2) is 0 Å². The summed E-state index contributed by atoms with van der Waals surface area (Å²) in [4.78, 5) is 24.3. The lowest BCUT2D eigenvalue weighted by Gasteiger charge is -2.23. The first-order valence-electron chi connectivity index (χ1n) is 9.61. The molecule has 2 saturated carbocycles. The Morgan fingerprint density at radius 2 is 1.92 bits per heavy atom. The van der Waals surface area contributed by atoms with Crippen molar-refractivity contribution in [2.75, 3.05) is 19.8 Å². The Hall–Kier alpha value is -2.08. The van der Waals surface area contributed by atoms with Crippen LogP contribution in [-0.4, -0.2) is 43.9 Å². The number of carbonyl (C=O) groups is 2. The van der Waals surface area contributed by atoms with Crippen molar-refractivity contribution in [1.29, 1.82) is 0 Å². The molecule has 0 unspecified atom stereocenters. The quantitative estimate of drug-likeness (QED) is 0.819. The zero-order valence-corrected chi connectivity index (χ0v) is 14.9. The fraction of sp³-hybridized carbons (Fsp3) is 0.600. The maximum Gasteiger partial charge on any atom is 0.407 e. The average Bonchev–Trinajstić information content (AvgIpc) is 3.57. The first-order valence-corrected chi connectivity index (χ1v) is 9.61. The van der Waals surface area contributed by atoms with Gasteiger partial charge in [0.25, 0.3) is 5.91 Å². The van der Waals surface area contributed by atoms with Crippen LogP contribution in [-0.2, 0) is 9.47 Å². The summed E-state index contributed by atoms with van der Waals surface area (Å²) in [5, 5.41) is 6.01. The molecule has 2 aliphatic carbocycles. The Kier molecular flexibility index (Phi) is 5.11. The van der Waals surface area contributed by atoms with E-state index in [1.807, 2.05) is 24.3 Å².